The summed E-state index contributed by atoms with van der Waals surface area (Å²) < 4.78 is 16.0. The first kappa shape index (κ1) is 22.6. The monoisotopic (exact) mass is 404 g/mol. The number of hydrogen-bond donors (Lipinski definition) is 1. The fraction of sp³-hybridized carbons (Fsp3) is 0.500. The van der Waals surface area contributed by atoms with E-state index in [2.05, 4.69) is 6.58 Å². The fourth-order valence-electron chi connectivity index (χ4n) is 3.29. The summed E-state index contributed by atoms with van der Waals surface area (Å²) in [6.45, 7) is 10.3. The second kappa shape index (κ2) is 9.69. The number of ether oxygens (including phenoxy) is 3. The summed E-state index contributed by atoms with van der Waals surface area (Å²) in [5, 5.41) is 10.3. The molecule has 1 fully saturated rings. The molecule has 2 rings (SSSR count). The molecule has 1 aliphatic carbocycles. The van der Waals surface area contributed by atoms with Crippen LogP contribution >= 0.6 is 0 Å². The van der Waals surface area contributed by atoms with Gasteiger partial charge in [0, 0.05) is 24.5 Å². The molecule has 29 heavy (non-hydrogen) atoms. The van der Waals surface area contributed by atoms with Crippen molar-refractivity contribution in [2.75, 3.05) is 6.61 Å². The third kappa shape index (κ3) is 5.90. The van der Waals surface area contributed by atoms with E-state index in [0.717, 1.165) is 5.57 Å². The number of carbonyl (C=O) groups is 3. The van der Waals surface area contributed by atoms with Crippen LogP contribution in [-0.4, -0.2) is 47.9 Å². The molecule has 0 aromatic carbocycles. The van der Waals surface area contributed by atoms with E-state index in [1.807, 2.05) is 13.0 Å². The highest BCUT2D eigenvalue weighted by Crippen LogP contribution is 2.36. The maximum Gasteiger partial charge on any atom is 0.334 e. The summed E-state index contributed by atoms with van der Waals surface area (Å²) in [5.74, 6) is -2.11. The molecule has 0 aromatic heterocycles. The number of carbonyl (C=O) groups excluding carboxylic acids is 3. The van der Waals surface area contributed by atoms with Gasteiger partial charge in [-0.2, -0.15) is 0 Å². The minimum atomic E-state index is -0.677. The van der Waals surface area contributed by atoms with Gasteiger partial charge in [-0.15, -0.1) is 0 Å². The Labute approximate surface area is 170 Å². The predicted molar refractivity (Wildman–Crippen MR) is 106 cm³/mol. The maximum atomic E-state index is 12.6. The van der Waals surface area contributed by atoms with Crippen LogP contribution in [0.1, 0.15) is 40.5 Å². The molecule has 0 amide bonds. The number of fused-ring (bicyclic) bond motifs is 1. The molecule has 0 spiro atoms. The first-order valence-corrected chi connectivity index (χ1v) is 9.53. The highest BCUT2D eigenvalue weighted by molar-refractivity contribution is 5.92. The van der Waals surface area contributed by atoms with Crippen molar-refractivity contribution in [2.24, 2.45) is 5.92 Å². The molecule has 1 saturated heterocycles. The van der Waals surface area contributed by atoms with E-state index in [-0.39, 0.29) is 12.2 Å². The van der Waals surface area contributed by atoms with Gasteiger partial charge in [0.05, 0.1) is 12.0 Å². The standard InChI is InChI=1S/C22H28O7/c1-12-6-7-17(24)14(3)11-19-20(15(4)22(26)29-19)18(10-12)28-21(25)13(2)8-9-27-16(5)23/h6,8,11,17-20,24H,4,7,9-10H2,1-3,5H3/b12-6?,13-8+,14-11+/t17-,18+,19+,20+/m0/s1. The van der Waals surface area contributed by atoms with Crippen molar-refractivity contribution in [1.82, 2.24) is 0 Å². The molecule has 7 nitrogen and oxygen atoms in total. The Bertz CT molecular complexity index is 787. The second-order valence-corrected chi connectivity index (χ2v) is 7.47. The van der Waals surface area contributed by atoms with E-state index < -0.39 is 42.1 Å². The van der Waals surface area contributed by atoms with E-state index in [9.17, 15) is 19.5 Å². The number of rotatable bonds is 4. The minimum Gasteiger partial charge on any atom is -0.462 e. The Morgan fingerprint density at radius 2 is 2.03 bits per heavy atom. The first-order valence-electron chi connectivity index (χ1n) is 9.53. The third-order valence-corrected chi connectivity index (χ3v) is 5.08. The van der Waals surface area contributed by atoms with E-state index in [1.165, 1.54) is 13.0 Å². The lowest BCUT2D eigenvalue weighted by molar-refractivity contribution is -0.147. The maximum absolute atomic E-state index is 12.6. The van der Waals surface area contributed by atoms with E-state index >= 15 is 0 Å². The Kier molecular flexibility index (Phi) is 7.56. The molecule has 1 aliphatic heterocycles. The number of aliphatic hydroxyl groups is 1. The molecular formula is C22H28O7. The van der Waals surface area contributed by atoms with Gasteiger partial charge in [0.25, 0.3) is 0 Å². The molecule has 0 aromatic rings. The average molecular weight is 404 g/mol. The normalized spacial score (nSPS) is 29.8. The zero-order valence-electron chi connectivity index (χ0n) is 17.3. The lowest BCUT2D eigenvalue weighted by atomic mass is 9.85. The summed E-state index contributed by atoms with van der Waals surface area (Å²) in [6.07, 6.45) is 3.84. The molecule has 0 radical (unpaired) electrons. The van der Waals surface area contributed by atoms with Gasteiger partial charge in [-0.3, -0.25) is 4.79 Å². The molecule has 4 atom stereocenters. The van der Waals surface area contributed by atoms with E-state index in [4.69, 9.17) is 14.2 Å². The molecule has 0 bridgehead atoms. The largest absolute Gasteiger partial charge is 0.462 e. The molecule has 7 heteroatoms. The van der Waals surface area contributed by atoms with Crippen LogP contribution in [0, 0.1) is 5.92 Å². The quantitative estimate of drug-likeness (QED) is 0.333. The highest BCUT2D eigenvalue weighted by Gasteiger charge is 2.44. The lowest BCUT2D eigenvalue weighted by Crippen LogP contribution is -2.34. The summed E-state index contributed by atoms with van der Waals surface area (Å²) in [4.78, 5) is 35.6. The van der Waals surface area contributed by atoms with Crippen LogP contribution in [0.2, 0.25) is 0 Å². The van der Waals surface area contributed by atoms with Crippen molar-refractivity contribution in [3.05, 3.63) is 47.1 Å². The zero-order chi connectivity index (χ0) is 21.7. The zero-order valence-corrected chi connectivity index (χ0v) is 17.3. The number of esters is 3. The fourth-order valence-corrected chi connectivity index (χ4v) is 3.29. The minimum absolute atomic E-state index is 0.0277. The van der Waals surface area contributed by atoms with E-state index in [0.29, 0.717) is 24.0 Å². The second-order valence-electron chi connectivity index (χ2n) is 7.47. The Balaban J connectivity index is 2.29. The van der Waals surface area contributed by atoms with Crippen molar-refractivity contribution in [1.29, 1.82) is 0 Å². The molecule has 0 unspecified atom stereocenters. The third-order valence-electron chi connectivity index (χ3n) is 5.08. The van der Waals surface area contributed by atoms with Crippen molar-refractivity contribution in [3.8, 4) is 0 Å². The van der Waals surface area contributed by atoms with Gasteiger partial charge in [-0.05, 0) is 44.9 Å². The number of aliphatic hydroxyl groups excluding tert-OH is 1. The van der Waals surface area contributed by atoms with Crippen LogP contribution in [0.5, 0.6) is 0 Å². The molecule has 158 valence electrons. The van der Waals surface area contributed by atoms with Crippen LogP contribution in [0.15, 0.2) is 47.1 Å². The summed E-state index contributed by atoms with van der Waals surface area (Å²) >= 11 is 0. The van der Waals surface area contributed by atoms with Crippen molar-refractivity contribution in [2.45, 2.75) is 58.8 Å². The number of hydrogen-bond acceptors (Lipinski definition) is 7. The molecule has 1 N–H and O–H groups in total. The van der Waals surface area contributed by atoms with Gasteiger partial charge in [0.2, 0.25) is 0 Å². The topological polar surface area (TPSA) is 99.1 Å². The summed E-state index contributed by atoms with van der Waals surface area (Å²) in [5.41, 5.74) is 2.13. The van der Waals surface area contributed by atoms with Crippen LogP contribution in [0.3, 0.4) is 0 Å². The lowest BCUT2D eigenvalue weighted by Gasteiger charge is -2.28. The summed E-state index contributed by atoms with van der Waals surface area (Å²) in [6, 6.07) is 0. The van der Waals surface area contributed by atoms with Crippen LogP contribution in [0.4, 0.5) is 0 Å². The SMILES string of the molecule is C=C1C(=O)O[C@@H]2/C=C(\C)[C@@H](O)CC=C(C)C[C@@H](OC(=O)/C(C)=C/COC(C)=O)[C@@H]12. The van der Waals surface area contributed by atoms with Crippen molar-refractivity contribution < 1.29 is 33.7 Å². The average Bonchev–Trinajstić information content (AvgIpc) is 2.91. The highest BCUT2D eigenvalue weighted by atomic mass is 16.6. The molecule has 2 aliphatic rings. The smallest absolute Gasteiger partial charge is 0.334 e. The molecule has 1 heterocycles. The summed E-state index contributed by atoms with van der Waals surface area (Å²) in [7, 11) is 0. The first-order chi connectivity index (χ1) is 13.6. The van der Waals surface area contributed by atoms with Gasteiger partial charge in [0.1, 0.15) is 18.8 Å². The van der Waals surface area contributed by atoms with E-state index in [1.54, 1.807) is 19.9 Å². The predicted octanol–water partition coefficient (Wildman–Crippen LogP) is 2.55. The Morgan fingerprint density at radius 3 is 2.69 bits per heavy atom. The van der Waals surface area contributed by atoms with Gasteiger partial charge in [-0.1, -0.05) is 18.2 Å². The van der Waals surface area contributed by atoms with Crippen LogP contribution < -0.4 is 0 Å². The molecular weight excluding hydrogens is 376 g/mol. The van der Waals surface area contributed by atoms with Crippen molar-refractivity contribution >= 4 is 17.9 Å². The van der Waals surface area contributed by atoms with Gasteiger partial charge in [-0.25, -0.2) is 9.59 Å². The van der Waals surface area contributed by atoms with Gasteiger partial charge >= 0.3 is 17.9 Å². The molecule has 0 saturated carbocycles. The van der Waals surface area contributed by atoms with Crippen molar-refractivity contribution in [3.63, 3.8) is 0 Å². The Hall–Kier alpha value is -2.67. The van der Waals surface area contributed by atoms with Crippen LogP contribution in [-0.2, 0) is 28.6 Å². The van der Waals surface area contributed by atoms with Gasteiger partial charge in [0.15, 0.2) is 0 Å². The van der Waals surface area contributed by atoms with Crippen LogP contribution in [0.25, 0.3) is 0 Å². The van der Waals surface area contributed by atoms with Gasteiger partial charge < -0.3 is 19.3 Å². The Morgan fingerprint density at radius 1 is 1.34 bits per heavy atom.